The number of hydrogen-bond acceptors (Lipinski definition) is 3. The first-order valence-electron chi connectivity index (χ1n) is 6.92. The maximum absolute atomic E-state index is 11.9. The highest BCUT2D eigenvalue weighted by Crippen LogP contribution is 2.06. The maximum atomic E-state index is 11.9. The van der Waals surface area contributed by atoms with E-state index in [-0.39, 0.29) is 5.91 Å². The van der Waals surface area contributed by atoms with Gasteiger partial charge in [0.1, 0.15) is 0 Å². The molecule has 1 aromatic carbocycles. The molecule has 108 valence electrons. The van der Waals surface area contributed by atoms with E-state index < -0.39 is 0 Å². The summed E-state index contributed by atoms with van der Waals surface area (Å²) in [4.78, 5) is 26.3. The van der Waals surface area contributed by atoms with Gasteiger partial charge < -0.3 is 10.2 Å². The zero-order chi connectivity index (χ0) is 14.4. The van der Waals surface area contributed by atoms with Crippen molar-refractivity contribution in [2.24, 2.45) is 0 Å². The summed E-state index contributed by atoms with van der Waals surface area (Å²) in [6, 6.07) is 8.04. The van der Waals surface area contributed by atoms with E-state index >= 15 is 0 Å². The molecular weight excluding hydrogens is 254 g/mol. The van der Waals surface area contributed by atoms with Crippen molar-refractivity contribution in [2.75, 3.05) is 32.7 Å². The van der Waals surface area contributed by atoms with Crippen molar-refractivity contribution >= 4 is 12.3 Å². The largest absolute Gasteiger partial charge is 0.351 e. The minimum Gasteiger partial charge on any atom is -0.351 e. The Kier molecular flexibility index (Phi) is 5.12. The van der Waals surface area contributed by atoms with E-state index in [0.29, 0.717) is 26.2 Å². The molecule has 0 atom stereocenters. The lowest BCUT2D eigenvalue weighted by atomic mass is 10.1. The molecule has 0 bridgehead atoms. The number of piperazine rings is 1. The van der Waals surface area contributed by atoms with E-state index in [1.807, 2.05) is 31.2 Å². The molecule has 1 saturated heterocycles. The van der Waals surface area contributed by atoms with Crippen LogP contribution >= 0.6 is 0 Å². The zero-order valence-electron chi connectivity index (χ0n) is 11.8. The van der Waals surface area contributed by atoms with E-state index in [0.717, 1.165) is 25.1 Å². The van der Waals surface area contributed by atoms with Gasteiger partial charge in [-0.1, -0.05) is 24.3 Å². The number of nitrogens with one attached hydrogen (secondary N) is 1. The molecule has 20 heavy (non-hydrogen) atoms. The van der Waals surface area contributed by atoms with Crippen molar-refractivity contribution in [2.45, 2.75) is 13.5 Å². The number of aryl methyl sites for hydroxylation is 1. The van der Waals surface area contributed by atoms with Gasteiger partial charge in [-0.25, -0.2) is 0 Å². The van der Waals surface area contributed by atoms with Gasteiger partial charge in [-0.2, -0.15) is 0 Å². The standard InChI is InChI=1S/C15H21N3O2/c1-13-4-2-3-5-14(13)10-16-15(20)11-17-6-8-18(12-19)9-7-17/h2-5,12H,6-11H2,1H3,(H,16,20). The first-order chi connectivity index (χ1) is 9.69. The van der Waals surface area contributed by atoms with Crippen molar-refractivity contribution in [3.05, 3.63) is 35.4 Å². The Morgan fingerprint density at radius 1 is 1.25 bits per heavy atom. The molecule has 0 aliphatic carbocycles. The number of carbonyl (C=O) groups is 2. The summed E-state index contributed by atoms with van der Waals surface area (Å²) in [6.45, 7) is 5.94. The fourth-order valence-electron chi connectivity index (χ4n) is 2.29. The highest BCUT2D eigenvalue weighted by atomic mass is 16.2. The second-order valence-electron chi connectivity index (χ2n) is 5.12. The Labute approximate surface area is 119 Å². The number of amides is 2. The Hall–Kier alpha value is -1.88. The summed E-state index contributed by atoms with van der Waals surface area (Å²) in [7, 11) is 0. The molecule has 5 nitrogen and oxygen atoms in total. The van der Waals surface area contributed by atoms with Gasteiger partial charge in [-0.3, -0.25) is 14.5 Å². The highest BCUT2D eigenvalue weighted by molar-refractivity contribution is 5.78. The number of benzene rings is 1. The molecule has 0 aromatic heterocycles. The highest BCUT2D eigenvalue weighted by Gasteiger charge is 2.17. The predicted octanol–water partition coefficient (Wildman–Crippen LogP) is 0.385. The topological polar surface area (TPSA) is 52.7 Å². The lowest BCUT2D eigenvalue weighted by molar-refractivity contribution is -0.123. The third kappa shape index (κ3) is 4.06. The van der Waals surface area contributed by atoms with Crippen molar-refractivity contribution < 1.29 is 9.59 Å². The van der Waals surface area contributed by atoms with Crippen LogP contribution in [0.3, 0.4) is 0 Å². The van der Waals surface area contributed by atoms with E-state index in [1.165, 1.54) is 5.56 Å². The van der Waals surface area contributed by atoms with Crippen LogP contribution in [0.4, 0.5) is 0 Å². The molecule has 2 amide bonds. The number of rotatable bonds is 5. The van der Waals surface area contributed by atoms with Gasteiger partial charge in [-0.15, -0.1) is 0 Å². The first kappa shape index (κ1) is 14.5. The monoisotopic (exact) mass is 275 g/mol. The molecule has 1 aliphatic rings. The summed E-state index contributed by atoms with van der Waals surface area (Å²) in [5.74, 6) is 0.0350. The van der Waals surface area contributed by atoms with Gasteiger partial charge in [0.25, 0.3) is 0 Å². The van der Waals surface area contributed by atoms with Crippen molar-refractivity contribution in [3.63, 3.8) is 0 Å². The third-order valence-corrected chi connectivity index (χ3v) is 3.66. The van der Waals surface area contributed by atoms with Gasteiger partial charge in [0.05, 0.1) is 6.54 Å². The first-order valence-corrected chi connectivity index (χ1v) is 6.92. The minimum atomic E-state index is 0.0350. The molecule has 0 radical (unpaired) electrons. The van der Waals surface area contributed by atoms with Crippen molar-refractivity contribution in [1.82, 2.24) is 15.1 Å². The fraction of sp³-hybridized carbons (Fsp3) is 0.467. The third-order valence-electron chi connectivity index (χ3n) is 3.66. The van der Waals surface area contributed by atoms with Crippen LogP contribution in [-0.4, -0.2) is 54.8 Å². The van der Waals surface area contributed by atoms with Crippen LogP contribution in [0.5, 0.6) is 0 Å². The van der Waals surface area contributed by atoms with Gasteiger partial charge in [0.2, 0.25) is 12.3 Å². The van der Waals surface area contributed by atoms with Gasteiger partial charge in [0, 0.05) is 32.7 Å². The van der Waals surface area contributed by atoms with Gasteiger partial charge in [-0.05, 0) is 18.1 Å². The molecule has 0 unspecified atom stereocenters. The van der Waals surface area contributed by atoms with Gasteiger partial charge in [0.15, 0.2) is 0 Å². The minimum absolute atomic E-state index is 0.0350. The molecule has 1 aliphatic heterocycles. The summed E-state index contributed by atoms with van der Waals surface area (Å²) in [5, 5.41) is 2.95. The van der Waals surface area contributed by atoms with E-state index in [9.17, 15) is 9.59 Å². The summed E-state index contributed by atoms with van der Waals surface area (Å²) in [6.07, 6.45) is 0.871. The SMILES string of the molecule is Cc1ccccc1CNC(=O)CN1CCN(C=O)CC1. The second kappa shape index (κ2) is 7.05. The normalized spacial score (nSPS) is 15.9. The number of nitrogens with zero attached hydrogens (tertiary/aromatic N) is 2. The Morgan fingerprint density at radius 2 is 1.95 bits per heavy atom. The average molecular weight is 275 g/mol. The Bertz CT molecular complexity index is 468. The molecule has 0 spiro atoms. The lowest BCUT2D eigenvalue weighted by Crippen LogP contribution is -2.48. The van der Waals surface area contributed by atoms with Crippen LogP contribution < -0.4 is 5.32 Å². The van der Waals surface area contributed by atoms with Crippen LogP contribution in [0.25, 0.3) is 0 Å². The molecule has 1 N–H and O–H groups in total. The molecule has 1 aromatic rings. The summed E-state index contributed by atoms with van der Waals surface area (Å²) >= 11 is 0. The quantitative estimate of drug-likeness (QED) is 0.791. The smallest absolute Gasteiger partial charge is 0.234 e. The summed E-state index contributed by atoms with van der Waals surface area (Å²) < 4.78 is 0. The maximum Gasteiger partial charge on any atom is 0.234 e. The van der Waals surface area contributed by atoms with E-state index in [4.69, 9.17) is 0 Å². The molecule has 5 heteroatoms. The van der Waals surface area contributed by atoms with Crippen LogP contribution in [0.15, 0.2) is 24.3 Å². The molecule has 1 fully saturated rings. The molecular formula is C15H21N3O2. The van der Waals surface area contributed by atoms with E-state index in [1.54, 1.807) is 4.90 Å². The van der Waals surface area contributed by atoms with Crippen molar-refractivity contribution in [1.29, 1.82) is 0 Å². The Morgan fingerprint density at radius 3 is 2.60 bits per heavy atom. The van der Waals surface area contributed by atoms with Crippen LogP contribution in [-0.2, 0) is 16.1 Å². The summed E-state index contributed by atoms with van der Waals surface area (Å²) in [5.41, 5.74) is 2.33. The van der Waals surface area contributed by atoms with Crippen LogP contribution in [0.2, 0.25) is 0 Å². The van der Waals surface area contributed by atoms with Crippen LogP contribution in [0.1, 0.15) is 11.1 Å². The Balaban J connectivity index is 1.73. The molecule has 1 heterocycles. The lowest BCUT2D eigenvalue weighted by Gasteiger charge is -2.31. The zero-order valence-corrected chi connectivity index (χ0v) is 11.8. The molecule has 2 rings (SSSR count). The molecule has 0 saturated carbocycles. The van der Waals surface area contributed by atoms with Crippen molar-refractivity contribution in [3.8, 4) is 0 Å². The number of hydrogen-bond donors (Lipinski definition) is 1. The fourth-order valence-corrected chi connectivity index (χ4v) is 2.29. The predicted molar refractivity (Wildman–Crippen MR) is 77.1 cm³/mol. The van der Waals surface area contributed by atoms with Crippen LogP contribution in [0, 0.1) is 6.92 Å². The second-order valence-corrected chi connectivity index (χ2v) is 5.12. The van der Waals surface area contributed by atoms with E-state index in [2.05, 4.69) is 10.2 Å². The van der Waals surface area contributed by atoms with Gasteiger partial charge >= 0.3 is 0 Å². The average Bonchev–Trinajstić information content (AvgIpc) is 2.47. The number of carbonyl (C=O) groups excluding carboxylic acids is 2.